The third-order valence-corrected chi connectivity index (χ3v) is 6.42. The van der Waals surface area contributed by atoms with Crippen molar-refractivity contribution >= 4 is 29.1 Å². The standard InChI is InChI=1S/C27H34N4O4/c32-25(30-23-13-7-20(8-14-23)26(33)29-18-24-6-5-17-35-24)19-28-22-11-9-21(10-12-22)27(34)31-15-3-1-2-4-16-31/h7-14,24,28H,1-6,15-19H2,(H,29,33)(H,30,32). The van der Waals surface area contributed by atoms with E-state index in [1.165, 1.54) is 12.8 Å². The minimum Gasteiger partial charge on any atom is -0.376 e. The van der Waals surface area contributed by atoms with Gasteiger partial charge in [-0.05, 0) is 74.2 Å². The minimum atomic E-state index is -0.203. The Morgan fingerprint density at radius 3 is 2.14 bits per heavy atom. The monoisotopic (exact) mass is 478 g/mol. The van der Waals surface area contributed by atoms with Crippen LogP contribution < -0.4 is 16.0 Å². The summed E-state index contributed by atoms with van der Waals surface area (Å²) in [6.45, 7) is 2.99. The van der Waals surface area contributed by atoms with Crippen molar-refractivity contribution in [2.24, 2.45) is 0 Å². The summed E-state index contributed by atoms with van der Waals surface area (Å²) in [4.78, 5) is 39.3. The molecule has 2 aromatic rings. The van der Waals surface area contributed by atoms with Crippen LogP contribution in [0.1, 0.15) is 59.2 Å². The van der Waals surface area contributed by atoms with E-state index in [1.807, 2.05) is 17.0 Å². The third-order valence-electron chi connectivity index (χ3n) is 6.42. The summed E-state index contributed by atoms with van der Waals surface area (Å²) in [6.07, 6.45) is 6.60. The Bertz CT molecular complexity index is 993. The largest absolute Gasteiger partial charge is 0.376 e. The third kappa shape index (κ3) is 7.29. The fourth-order valence-electron chi connectivity index (χ4n) is 4.39. The van der Waals surface area contributed by atoms with Crippen LogP contribution in [0.4, 0.5) is 11.4 Å². The molecule has 0 aliphatic carbocycles. The fourth-order valence-corrected chi connectivity index (χ4v) is 4.39. The number of hydrogen-bond donors (Lipinski definition) is 3. The molecule has 3 N–H and O–H groups in total. The lowest BCUT2D eigenvalue weighted by Crippen LogP contribution is -2.31. The van der Waals surface area contributed by atoms with Crippen molar-refractivity contribution in [3.8, 4) is 0 Å². The molecule has 0 spiro atoms. The van der Waals surface area contributed by atoms with Crippen molar-refractivity contribution < 1.29 is 19.1 Å². The molecule has 2 fully saturated rings. The molecule has 1 unspecified atom stereocenters. The molecule has 0 aromatic heterocycles. The molecule has 4 rings (SSSR count). The second-order valence-corrected chi connectivity index (χ2v) is 9.11. The minimum absolute atomic E-state index is 0.0696. The molecule has 2 aliphatic heterocycles. The predicted octanol–water partition coefficient (Wildman–Crippen LogP) is 3.66. The first-order chi connectivity index (χ1) is 17.1. The smallest absolute Gasteiger partial charge is 0.253 e. The molecule has 186 valence electrons. The van der Waals surface area contributed by atoms with Crippen LogP contribution in [0.5, 0.6) is 0 Å². The summed E-state index contributed by atoms with van der Waals surface area (Å²) < 4.78 is 5.52. The van der Waals surface area contributed by atoms with Gasteiger partial charge in [-0.1, -0.05) is 12.8 Å². The second-order valence-electron chi connectivity index (χ2n) is 9.11. The molecular weight excluding hydrogens is 444 g/mol. The summed E-state index contributed by atoms with van der Waals surface area (Å²) in [7, 11) is 0. The first kappa shape index (κ1) is 24.7. The Labute approximate surface area is 206 Å². The van der Waals surface area contributed by atoms with Crippen molar-refractivity contribution in [3.05, 3.63) is 59.7 Å². The predicted molar refractivity (Wildman–Crippen MR) is 136 cm³/mol. The topological polar surface area (TPSA) is 99.8 Å². The summed E-state index contributed by atoms with van der Waals surface area (Å²) in [6, 6.07) is 14.0. The van der Waals surface area contributed by atoms with E-state index in [1.54, 1.807) is 36.4 Å². The van der Waals surface area contributed by atoms with Crippen LogP contribution >= 0.6 is 0 Å². The first-order valence-corrected chi connectivity index (χ1v) is 12.5. The van der Waals surface area contributed by atoms with Gasteiger partial charge in [-0.2, -0.15) is 0 Å². The number of likely N-dealkylation sites (tertiary alicyclic amines) is 1. The zero-order valence-corrected chi connectivity index (χ0v) is 20.1. The van der Waals surface area contributed by atoms with E-state index >= 15 is 0 Å². The van der Waals surface area contributed by atoms with Gasteiger partial charge in [-0.3, -0.25) is 14.4 Å². The molecule has 8 heteroatoms. The molecule has 0 radical (unpaired) electrons. The summed E-state index contributed by atoms with van der Waals surface area (Å²) in [5, 5.41) is 8.79. The summed E-state index contributed by atoms with van der Waals surface area (Å²) >= 11 is 0. The van der Waals surface area contributed by atoms with E-state index in [0.717, 1.165) is 51.1 Å². The molecule has 2 aliphatic rings. The maximum absolute atomic E-state index is 12.7. The van der Waals surface area contributed by atoms with Gasteiger partial charge in [-0.15, -0.1) is 0 Å². The van der Waals surface area contributed by atoms with E-state index in [4.69, 9.17) is 4.74 Å². The van der Waals surface area contributed by atoms with E-state index in [0.29, 0.717) is 23.4 Å². The number of hydrogen-bond acceptors (Lipinski definition) is 5. The number of anilines is 2. The van der Waals surface area contributed by atoms with E-state index < -0.39 is 0 Å². The average Bonchev–Trinajstić information content (AvgIpc) is 3.26. The number of carbonyl (C=O) groups is 3. The number of carbonyl (C=O) groups excluding carboxylic acids is 3. The van der Waals surface area contributed by atoms with Gasteiger partial charge < -0.3 is 25.6 Å². The lowest BCUT2D eigenvalue weighted by atomic mass is 10.1. The van der Waals surface area contributed by atoms with Crippen molar-refractivity contribution in [1.29, 1.82) is 0 Å². The van der Waals surface area contributed by atoms with Crippen molar-refractivity contribution in [2.75, 3.05) is 43.4 Å². The molecule has 2 aromatic carbocycles. The van der Waals surface area contributed by atoms with E-state index in [-0.39, 0.29) is 30.4 Å². The van der Waals surface area contributed by atoms with Crippen LogP contribution in [0.25, 0.3) is 0 Å². The number of benzene rings is 2. The molecule has 1 atom stereocenters. The Kier molecular flexibility index (Phi) is 8.73. The van der Waals surface area contributed by atoms with Gasteiger partial charge >= 0.3 is 0 Å². The van der Waals surface area contributed by atoms with Crippen LogP contribution in [-0.4, -0.2) is 61.5 Å². The molecular formula is C27H34N4O4. The Balaban J connectivity index is 1.20. The van der Waals surface area contributed by atoms with Gasteiger partial charge in [-0.25, -0.2) is 0 Å². The lowest BCUT2D eigenvalue weighted by Gasteiger charge is -2.20. The van der Waals surface area contributed by atoms with Crippen molar-refractivity contribution in [1.82, 2.24) is 10.2 Å². The average molecular weight is 479 g/mol. The van der Waals surface area contributed by atoms with Crippen LogP contribution in [0.15, 0.2) is 48.5 Å². The Hall–Kier alpha value is -3.39. The van der Waals surface area contributed by atoms with Crippen LogP contribution in [0.3, 0.4) is 0 Å². The molecule has 8 nitrogen and oxygen atoms in total. The molecule has 2 saturated heterocycles. The number of rotatable bonds is 8. The van der Waals surface area contributed by atoms with Gasteiger partial charge in [0.2, 0.25) is 5.91 Å². The van der Waals surface area contributed by atoms with Crippen LogP contribution in [-0.2, 0) is 9.53 Å². The molecule has 35 heavy (non-hydrogen) atoms. The molecule has 0 bridgehead atoms. The van der Waals surface area contributed by atoms with Gasteiger partial charge in [0.05, 0.1) is 12.6 Å². The SMILES string of the molecule is O=C(CNc1ccc(C(=O)N2CCCCCC2)cc1)Nc1ccc(C(=O)NCC2CCCO2)cc1. The second kappa shape index (κ2) is 12.4. The highest BCUT2D eigenvalue weighted by Crippen LogP contribution is 2.16. The Morgan fingerprint density at radius 2 is 1.49 bits per heavy atom. The number of ether oxygens (including phenoxy) is 1. The zero-order chi connectivity index (χ0) is 24.5. The zero-order valence-electron chi connectivity index (χ0n) is 20.1. The van der Waals surface area contributed by atoms with Gasteiger partial charge in [0, 0.05) is 48.7 Å². The highest BCUT2D eigenvalue weighted by atomic mass is 16.5. The van der Waals surface area contributed by atoms with Gasteiger partial charge in [0.15, 0.2) is 0 Å². The van der Waals surface area contributed by atoms with Crippen molar-refractivity contribution in [2.45, 2.75) is 44.6 Å². The van der Waals surface area contributed by atoms with Crippen LogP contribution in [0.2, 0.25) is 0 Å². The lowest BCUT2D eigenvalue weighted by molar-refractivity contribution is -0.114. The normalized spacial score (nSPS) is 17.9. The number of nitrogens with zero attached hydrogens (tertiary/aromatic N) is 1. The summed E-state index contributed by atoms with van der Waals surface area (Å²) in [5.74, 6) is -0.289. The van der Waals surface area contributed by atoms with Crippen LogP contribution in [0, 0.1) is 0 Å². The highest BCUT2D eigenvalue weighted by molar-refractivity contribution is 5.97. The maximum atomic E-state index is 12.7. The molecule has 2 heterocycles. The Morgan fingerprint density at radius 1 is 0.829 bits per heavy atom. The molecule has 0 saturated carbocycles. The van der Waals surface area contributed by atoms with Crippen molar-refractivity contribution in [3.63, 3.8) is 0 Å². The number of nitrogens with one attached hydrogen (secondary N) is 3. The van der Waals surface area contributed by atoms with Gasteiger partial charge in [0.25, 0.3) is 11.8 Å². The van der Waals surface area contributed by atoms with Gasteiger partial charge in [0.1, 0.15) is 0 Å². The highest BCUT2D eigenvalue weighted by Gasteiger charge is 2.18. The summed E-state index contributed by atoms with van der Waals surface area (Å²) in [5.41, 5.74) is 2.59. The first-order valence-electron chi connectivity index (χ1n) is 12.5. The molecule has 3 amide bonds. The fraction of sp³-hybridized carbons (Fsp3) is 0.444. The maximum Gasteiger partial charge on any atom is 0.253 e. The number of amides is 3. The van der Waals surface area contributed by atoms with E-state index in [9.17, 15) is 14.4 Å². The van der Waals surface area contributed by atoms with E-state index in [2.05, 4.69) is 16.0 Å². The quantitative estimate of drug-likeness (QED) is 0.538.